The van der Waals surface area contributed by atoms with Crippen molar-refractivity contribution in [3.05, 3.63) is 102 Å². The monoisotopic (exact) mass is 466 g/mol. The quantitative estimate of drug-likeness (QED) is 0.196. The highest BCUT2D eigenvalue weighted by Gasteiger charge is 2.23. The standard InChI is InChI=1S/C27H30O5S/c1-22-16-18-25(19-17-22)33(29,30)32-21-11-3-2-10-20-31-27(28)26(23-12-6-4-7-13-23)24-14-8-5-9-15-24/h4-9,12-19,26H,2-3,10-11,20-21H2,1H3. The van der Waals surface area contributed by atoms with E-state index in [0.717, 1.165) is 29.5 Å². The van der Waals surface area contributed by atoms with E-state index in [0.29, 0.717) is 19.4 Å². The molecule has 5 nitrogen and oxygen atoms in total. The smallest absolute Gasteiger partial charge is 0.317 e. The van der Waals surface area contributed by atoms with E-state index in [1.807, 2.05) is 67.6 Å². The molecule has 33 heavy (non-hydrogen) atoms. The first kappa shape index (κ1) is 24.7. The molecule has 3 aromatic carbocycles. The van der Waals surface area contributed by atoms with Gasteiger partial charge in [0, 0.05) is 0 Å². The average molecular weight is 467 g/mol. The first-order chi connectivity index (χ1) is 16.0. The summed E-state index contributed by atoms with van der Waals surface area (Å²) in [6.45, 7) is 2.37. The summed E-state index contributed by atoms with van der Waals surface area (Å²) in [5, 5.41) is 0. The van der Waals surface area contributed by atoms with Gasteiger partial charge in [-0.15, -0.1) is 0 Å². The van der Waals surface area contributed by atoms with Crippen molar-refractivity contribution in [3.63, 3.8) is 0 Å². The highest BCUT2D eigenvalue weighted by molar-refractivity contribution is 7.86. The number of unbranched alkanes of at least 4 members (excludes halogenated alkanes) is 3. The molecular formula is C27H30O5S. The van der Waals surface area contributed by atoms with E-state index >= 15 is 0 Å². The van der Waals surface area contributed by atoms with Crippen LogP contribution in [0.25, 0.3) is 0 Å². The van der Waals surface area contributed by atoms with Crippen molar-refractivity contribution in [2.75, 3.05) is 13.2 Å². The van der Waals surface area contributed by atoms with E-state index in [1.165, 1.54) is 0 Å². The maximum absolute atomic E-state index is 12.8. The Morgan fingerprint density at radius 2 is 1.24 bits per heavy atom. The highest BCUT2D eigenvalue weighted by Crippen LogP contribution is 2.26. The van der Waals surface area contributed by atoms with Gasteiger partial charge in [-0.3, -0.25) is 8.98 Å². The van der Waals surface area contributed by atoms with Crippen LogP contribution in [0.2, 0.25) is 0 Å². The van der Waals surface area contributed by atoms with Gasteiger partial charge in [0.25, 0.3) is 10.1 Å². The molecule has 0 saturated carbocycles. The molecule has 0 N–H and O–H groups in total. The number of ether oxygens (including phenoxy) is 1. The molecule has 0 spiro atoms. The number of carbonyl (C=O) groups is 1. The van der Waals surface area contributed by atoms with Gasteiger partial charge in [0.15, 0.2) is 0 Å². The Hall–Kier alpha value is -2.96. The van der Waals surface area contributed by atoms with E-state index in [4.69, 9.17) is 8.92 Å². The molecule has 0 aliphatic carbocycles. The second kappa shape index (κ2) is 12.3. The van der Waals surface area contributed by atoms with Crippen molar-refractivity contribution in [1.82, 2.24) is 0 Å². The van der Waals surface area contributed by atoms with Crippen LogP contribution in [0.4, 0.5) is 0 Å². The Morgan fingerprint density at radius 1 is 0.727 bits per heavy atom. The molecule has 0 fully saturated rings. The minimum Gasteiger partial charge on any atom is -0.465 e. The summed E-state index contributed by atoms with van der Waals surface area (Å²) < 4.78 is 35.0. The Kier molecular flexibility index (Phi) is 9.22. The number of esters is 1. The van der Waals surface area contributed by atoms with Crippen LogP contribution < -0.4 is 0 Å². The van der Waals surface area contributed by atoms with Crippen LogP contribution in [0.15, 0.2) is 89.8 Å². The van der Waals surface area contributed by atoms with Crippen LogP contribution in [-0.2, 0) is 23.8 Å². The maximum Gasteiger partial charge on any atom is 0.317 e. The summed E-state index contributed by atoms with van der Waals surface area (Å²) in [5.74, 6) is -0.715. The molecule has 3 aromatic rings. The third-order valence-electron chi connectivity index (χ3n) is 5.33. The van der Waals surface area contributed by atoms with Gasteiger partial charge in [0.2, 0.25) is 0 Å². The number of benzene rings is 3. The fraction of sp³-hybridized carbons (Fsp3) is 0.296. The van der Waals surface area contributed by atoms with Crippen molar-refractivity contribution in [2.24, 2.45) is 0 Å². The zero-order chi connectivity index (χ0) is 23.5. The molecule has 3 rings (SSSR count). The molecule has 0 aliphatic rings. The van der Waals surface area contributed by atoms with Crippen molar-refractivity contribution >= 4 is 16.1 Å². The van der Waals surface area contributed by atoms with Crippen molar-refractivity contribution in [2.45, 2.75) is 43.4 Å². The van der Waals surface area contributed by atoms with E-state index in [-0.39, 0.29) is 17.5 Å². The van der Waals surface area contributed by atoms with Crippen molar-refractivity contribution in [3.8, 4) is 0 Å². The lowest BCUT2D eigenvalue weighted by Gasteiger charge is -2.17. The third kappa shape index (κ3) is 7.55. The van der Waals surface area contributed by atoms with Gasteiger partial charge >= 0.3 is 5.97 Å². The van der Waals surface area contributed by atoms with Gasteiger partial charge < -0.3 is 4.74 Å². The summed E-state index contributed by atoms with van der Waals surface area (Å²) in [4.78, 5) is 13.0. The van der Waals surface area contributed by atoms with E-state index in [2.05, 4.69) is 0 Å². The number of hydrogen-bond acceptors (Lipinski definition) is 5. The van der Waals surface area contributed by atoms with Gasteiger partial charge in [-0.25, -0.2) is 0 Å². The second-order valence-corrected chi connectivity index (χ2v) is 9.54. The lowest BCUT2D eigenvalue weighted by Crippen LogP contribution is -2.18. The molecule has 0 radical (unpaired) electrons. The molecule has 0 aliphatic heterocycles. The maximum atomic E-state index is 12.8. The lowest BCUT2D eigenvalue weighted by molar-refractivity contribution is -0.144. The Bertz CT molecular complexity index is 1050. The molecule has 0 unspecified atom stereocenters. The van der Waals surface area contributed by atoms with E-state index in [9.17, 15) is 13.2 Å². The summed E-state index contributed by atoms with van der Waals surface area (Å²) in [6.07, 6.45) is 2.95. The molecule has 0 bridgehead atoms. The largest absolute Gasteiger partial charge is 0.465 e. The Balaban J connectivity index is 1.38. The van der Waals surface area contributed by atoms with Crippen LogP contribution in [0.5, 0.6) is 0 Å². The fourth-order valence-electron chi connectivity index (χ4n) is 3.51. The average Bonchev–Trinajstić information content (AvgIpc) is 2.82. The minimum atomic E-state index is -3.72. The third-order valence-corrected chi connectivity index (χ3v) is 6.66. The van der Waals surface area contributed by atoms with E-state index in [1.54, 1.807) is 24.3 Å². The van der Waals surface area contributed by atoms with Gasteiger partial charge in [0.1, 0.15) is 5.92 Å². The predicted octanol–water partition coefficient (Wildman–Crippen LogP) is 5.64. The van der Waals surface area contributed by atoms with Gasteiger partial charge in [-0.1, -0.05) is 84.8 Å². The van der Waals surface area contributed by atoms with Gasteiger partial charge in [-0.05, 0) is 49.4 Å². The summed E-state index contributed by atoms with van der Waals surface area (Å²) in [7, 11) is -3.72. The lowest BCUT2D eigenvalue weighted by atomic mass is 9.91. The summed E-state index contributed by atoms with van der Waals surface area (Å²) in [6, 6.07) is 25.8. The Morgan fingerprint density at radius 3 is 1.79 bits per heavy atom. The molecule has 0 aromatic heterocycles. The SMILES string of the molecule is Cc1ccc(S(=O)(=O)OCCCCCCOC(=O)C(c2ccccc2)c2ccccc2)cc1. The van der Waals surface area contributed by atoms with Crippen LogP contribution in [0.3, 0.4) is 0 Å². The van der Waals surface area contributed by atoms with Crippen LogP contribution in [-0.4, -0.2) is 27.6 Å². The van der Waals surface area contributed by atoms with Crippen molar-refractivity contribution in [1.29, 1.82) is 0 Å². The normalized spacial score (nSPS) is 11.5. The van der Waals surface area contributed by atoms with Crippen LogP contribution in [0.1, 0.15) is 48.3 Å². The molecule has 0 heterocycles. The van der Waals surface area contributed by atoms with Crippen molar-refractivity contribution < 1.29 is 22.1 Å². The predicted molar refractivity (Wildman–Crippen MR) is 128 cm³/mol. The molecule has 6 heteroatoms. The number of rotatable bonds is 12. The van der Waals surface area contributed by atoms with E-state index < -0.39 is 16.0 Å². The molecular weight excluding hydrogens is 436 g/mol. The summed E-state index contributed by atoms with van der Waals surface area (Å²) in [5.41, 5.74) is 2.80. The zero-order valence-electron chi connectivity index (χ0n) is 18.9. The first-order valence-corrected chi connectivity index (χ1v) is 12.6. The number of carbonyl (C=O) groups excluding carboxylic acids is 1. The minimum absolute atomic E-state index is 0.139. The highest BCUT2D eigenvalue weighted by atomic mass is 32.2. The summed E-state index contributed by atoms with van der Waals surface area (Å²) >= 11 is 0. The molecule has 0 saturated heterocycles. The molecule has 0 atom stereocenters. The first-order valence-electron chi connectivity index (χ1n) is 11.2. The van der Waals surface area contributed by atoms with Crippen LogP contribution in [0, 0.1) is 6.92 Å². The second-order valence-electron chi connectivity index (χ2n) is 7.93. The fourth-order valence-corrected chi connectivity index (χ4v) is 4.45. The number of aryl methyl sites for hydroxylation is 1. The Labute approximate surface area is 196 Å². The van der Waals surface area contributed by atoms with Gasteiger partial charge in [-0.2, -0.15) is 8.42 Å². The van der Waals surface area contributed by atoms with Crippen LogP contribution >= 0.6 is 0 Å². The number of hydrogen-bond donors (Lipinski definition) is 0. The topological polar surface area (TPSA) is 69.7 Å². The molecule has 174 valence electrons. The molecule has 0 amide bonds. The zero-order valence-corrected chi connectivity index (χ0v) is 19.7. The van der Waals surface area contributed by atoms with Gasteiger partial charge in [0.05, 0.1) is 18.1 Å².